The Morgan fingerprint density at radius 3 is 2.60 bits per heavy atom. The Balaban J connectivity index is 1.06. The number of carbonyl (C=O) groups excluding carboxylic acids is 1. The van der Waals surface area contributed by atoms with Gasteiger partial charge in [-0.25, -0.2) is 0 Å². The molecule has 1 aliphatic heterocycles. The van der Waals surface area contributed by atoms with Gasteiger partial charge in [-0.3, -0.25) is 9.78 Å². The average Bonchev–Trinajstić information content (AvgIpc) is 2.94. The molecule has 3 unspecified atom stereocenters. The lowest BCUT2D eigenvalue weighted by molar-refractivity contribution is -0.149. The minimum atomic E-state index is -0.171. The Kier molecular flexibility index (Phi) is 9.41. The van der Waals surface area contributed by atoms with Crippen molar-refractivity contribution in [1.82, 2.24) is 15.2 Å². The van der Waals surface area contributed by atoms with Gasteiger partial charge >= 0.3 is 0 Å². The number of aliphatic hydroxyl groups is 1. The number of fused-ring (bicyclic) bond motifs is 3. The molecule has 5 atom stereocenters. The van der Waals surface area contributed by atoms with Crippen LogP contribution in [0.1, 0.15) is 110 Å². The van der Waals surface area contributed by atoms with E-state index >= 15 is 0 Å². The summed E-state index contributed by atoms with van der Waals surface area (Å²) in [7, 11) is 0. The predicted octanol–water partition coefficient (Wildman–Crippen LogP) is 6.71. The molecule has 1 aromatic rings. The summed E-state index contributed by atoms with van der Waals surface area (Å²) in [5, 5.41) is 14.2. The number of hydrogen-bond acceptors (Lipinski definition) is 4. The molecule has 1 saturated heterocycles. The summed E-state index contributed by atoms with van der Waals surface area (Å²) in [6.07, 6.45) is 15.9. The van der Waals surface area contributed by atoms with Crippen molar-refractivity contribution >= 4 is 5.91 Å². The number of nitrogens with one attached hydrogen (secondary N) is 1. The van der Waals surface area contributed by atoms with Crippen LogP contribution in [0.15, 0.2) is 35.5 Å². The van der Waals surface area contributed by atoms with Crippen molar-refractivity contribution in [2.75, 3.05) is 19.6 Å². The van der Waals surface area contributed by atoms with Gasteiger partial charge in [0.2, 0.25) is 5.91 Å². The lowest BCUT2D eigenvalue weighted by atomic mass is 9.43. The molecule has 2 N–H and O–H groups in total. The molecule has 3 fully saturated rings. The molecule has 0 bridgehead atoms. The van der Waals surface area contributed by atoms with E-state index in [2.05, 4.69) is 55.0 Å². The van der Waals surface area contributed by atoms with Crippen molar-refractivity contribution in [3.8, 4) is 0 Å². The van der Waals surface area contributed by atoms with E-state index in [0.29, 0.717) is 35.6 Å². The molecule has 2 saturated carbocycles. The molecule has 5 rings (SSSR count). The van der Waals surface area contributed by atoms with E-state index in [9.17, 15) is 9.90 Å². The van der Waals surface area contributed by atoms with Gasteiger partial charge < -0.3 is 15.3 Å². The maximum atomic E-state index is 13.1. The van der Waals surface area contributed by atoms with Gasteiger partial charge in [-0.05, 0) is 131 Å². The summed E-state index contributed by atoms with van der Waals surface area (Å²) in [4.78, 5) is 20.1. The maximum Gasteiger partial charge on any atom is 0.220 e. The number of carbonyl (C=O) groups is 1. The zero-order valence-corrected chi connectivity index (χ0v) is 25.8. The summed E-state index contributed by atoms with van der Waals surface area (Å²) in [6.45, 7) is 12.8. The fraction of sp³-hybridized carbons (Fsp3) is 0.771. The quantitative estimate of drug-likeness (QED) is 0.266. The number of allylic oxidation sites excluding steroid dienone is 2. The highest BCUT2D eigenvalue weighted by atomic mass is 16.3. The van der Waals surface area contributed by atoms with Crippen molar-refractivity contribution in [2.24, 2.45) is 28.6 Å². The SMILES string of the molecule is CC1=C(CCC(=O)NC2CCN(CCCCc3ccccn3)CC2)C2CCC3C(C)(C)[C@@H](O)CC[C@]3(C)C2CC1. The number of amides is 1. The summed E-state index contributed by atoms with van der Waals surface area (Å²) in [5.74, 6) is 2.18. The highest BCUT2D eigenvalue weighted by Gasteiger charge is 2.58. The third-order valence-corrected chi connectivity index (χ3v) is 11.9. The lowest BCUT2D eigenvalue weighted by Gasteiger charge is -2.62. The monoisotopic (exact) mass is 549 g/mol. The molecule has 4 aliphatic rings. The lowest BCUT2D eigenvalue weighted by Crippen LogP contribution is -2.56. The third-order valence-electron chi connectivity index (χ3n) is 11.9. The summed E-state index contributed by atoms with van der Waals surface area (Å²) in [5.41, 5.74) is 4.67. The minimum Gasteiger partial charge on any atom is -0.393 e. The number of likely N-dealkylation sites (tertiary alicyclic amines) is 1. The number of unbranched alkanes of at least 4 members (excludes halogenated alkanes) is 1. The van der Waals surface area contributed by atoms with Crippen LogP contribution in [-0.4, -0.2) is 52.7 Å². The van der Waals surface area contributed by atoms with E-state index in [4.69, 9.17) is 0 Å². The highest BCUT2D eigenvalue weighted by Crippen LogP contribution is 2.64. The van der Waals surface area contributed by atoms with E-state index in [1.54, 1.807) is 11.1 Å². The topological polar surface area (TPSA) is 65.5 Å². The normalized spacial score (nSPS) is 32.8. The zero-order valence-electron chi connectivity index (χ0n) is 25.8. The zero-order chi connectivity index (χ0) is 28.3. The number of hydrogen-bond donors (Lipinski definition) is 2. The van der Waals surface area contributed by atoms with Crippen LogP contribution in [0.5, 0.6) is 0 Å². The molecule has 5 heteroatoms. The van der Waals surface area contributed by atoms with E-state index in [-0.39, 0.29) is 17.4 Å². The average molecular weight is 550 g/mol. The van der Waals surface area contributed by atoms with Crippen LogP contribution in [0.4, 0.5) is 0 Å². The Labute approximate surface area is 243 Å². The van der Waals surface area contributed by atoms with E-state index in [1.165, 1.54) is 44.2 Å². The van der Waals surface area contributed by atoms with Crippen molar-refractivity contribution in [1.29, 1.82) is 0 Å². The van der Waals surface area contributed by atoms with Crippen LogP contribution < -0.4 is 5.32 Å². The number of nitrogens with zero attached hydrogens (tertiary/aromatic N) is 2. The van der Waals surface area contributed by atoms with Gasteiger partial charge in [-0.1, -0.05) is 38.0 Å². The summed E-state index contributed by atoms with van der Waals surface area (Å²) in [6, 6.07) is 6.50. The number of rotatable bonds is 9. The Bertz CT molecular complexity index is 1030. The first-order valence-electron chi connectivity index (χ1n) is 16.5. The number of pyridine rings is 1. The molecular formula is C35H55N3O2. The van der Waals surface area contributed by atoms with Gasteiger partial charge in [-0.15, -0.1) is 0 Å². The first-order chi connectivity index (χ1) is 19.2. The van der Waals surface area contributed by atoms with Gasteiger partial charge in [0.1, 0.15) is 0 Å². The smallest absolute Gasteiger partial charge is 0.220 e. The fourth-order valence-corrected chi connectivity index (χ4v) is 9.46. The Hall–Kier alpha value is -1.72. The van der Waals surface area contributed by atoms with Gasteiger partial charge in [0, 0.05) is 37.4 Å². The molecule has 40 heavy (non-hydrogen) atoms. The van der Waals surface area contributed by atoms with E-state index in [1.807, 2.05) is 12.3 Å². The molecule has 0 spiro atoms. The molecule has 1 amide bonds. The Morgan fingerprint density at radius 2 is 1.85 bits per heavy atom. The van der Waals surface area contributed by atoms with Crippen LogP contribution in [0.25, 0.3) is 0 Å². The largest absolute Gasteiger partial charge is 0.393 e. The number of piperidine rings is 1. The van der Waals surface area contributed by atoms with Gasteiger partial charge in [-0.2, -0.15) is 0 Å². The van der Waals surface area contributed by atoms with Gasteiger partial charge in [0.25, 0.3) is 0 Å². The molecule has 5 nitrogen and oxygen atoms in total. The van der Waals surface area contributed by atoms with E-state index in [0.717, 1.165) is 58.2 Å². The molecule has 222 valence electrons. The van der Waals surface area contributed by atoms with Crippen molar-refractivity contribution in [2.45, 2.75) is 123 Å². The van der Waals surface area contributed by atoms with Crippen molar-refractivity contribution in [3.63, 3.8) is 0 Å². The second kappa shape index (κ2) is 12.7. The van der Waals surface area contributed by atoms with Crippen molar-refractivity contribution < 1.29 is 9.90 Å². The maximum absolute atomic E-state index is 13.1. The first-order valence-corrected chi connectivity index (χ1v) is 16.5. The van der Waals surface area contributed by atoms with Gasteiger partial charge in [0.05, 0.1) is 6.10 Å². The van der Waals surface area contributed by atoms with E-state index < -0.39 is 0 Å². The number of aromatic nitrogens is 1. The molecule has 1 aromatic heterocycles. The fourth-order valence-electron chi connectivity index (χ4n) is 9.46. The number of aliphatic hydroxyl groups excluding tert-OH is 1. The molecular weight excluding hydrogens is 494 g/mol. The second-order valence-corrected chi connectivity index (χ2v) is 14.5. The van der Waals surface area contributed by atoms with Gasteiger partial charge in [0.15, 0.2) is 0 Å². The first kappa shape index (κ1) is 29.8. The molecule has 0 aromatic carbocycles. The van der Waals surface area contributed by atoms with Crippen LogP contribution in [0, 0.1) is 28.6 Å². The third kappa shape index (κ3) is 6.36. The van der Waals surface area contributed by atoms with Crippen LogP contribution in [0.2, 0.25) is 0 Å². The molecule has 3 aliphatic carbocycles. The minimum absolute atomic E-state index is 0.00341. The summed E-state index contributed by atoms with van der Waals surface area (Å²) < 4.78 is 0. The number of aryl methyl sites for hydroxylation is 1. The van der Waals surface area contributed by atoms with Crippen LogP contribution in [-0.2, 0) is 11.2 Å². The highest BCUT2D eigenvalue weighted by molar-refractivity contribution is 5.76. The Morgan fingerprint density at radius 1 is 1.05 bits per heavy atom. The van der Waals surface area contributed by atoms with Crippen LogP contribution >= 0.6 is 0 Å². The van der Waals surface area contributed by atoms with Crippen LogP contribution in [0.3, 0.4) is 0 Å². The summed E-state index contributed by atoms with van der Waals surface area (Å²) >= 11 is 0. The second-order valence-electron chi connectivity index (χ2n) is 14.5. The molecule has 0 radical (unpaired) electrons. The van der Waals surface area contributed by atoms with Crippen molar-refractivity contribution in [3.05, 3.63) is 41.2 Å². The molecule has 2 heterocycles. The standard InChI is InChI=1S/C35H55N3O2/c1-25-11-14-30-29(12-15-31-34(2,3)32(39)17-20-35(30,31)4)28(25)13-16-33(40)37-27-18-23-38(24-19-27)22-8-6-10-26-9-5-7-21-36-26/h5,7,9,21,27,29-32,39H,6,8,10-20,22-24H2,1-4H3,(H,37,40)/t29?,30?,31?,32-,35+/m0/s1. The predicted molar refractivity (Wildman–Crippen MR) is 163 cm³/mol.